The first-order chi connectivity index (χ1) is 11.2. The molecule has 1 N–H and O–H groups in total. The maximum absolute atomic E-state index is 12.7. The minimum atomic E-state index is -0.361. The van der Waals surface area contributed by atoms with Crippen molar-refractivity contribution in [3.8, 4) is 0 Å². The van der Waals surface area contributed by atoms with Crippen LogP contribution >= 0.6 is 0 Å². The van der Waals surface area contributed by atoms with Gasteiger partial charge in [0.2, 0.25) is 11.6 Å². The summed E-state index contributed by atoms with van der Waals surface area (Å²) in [5, 5.41) is 6.49. The van der Waals surface area contributed by atoms with Gasteiger partial charge in [-0.2, -0.15) is 5.10 Å². The Kier molecular flexibility index (Phi) is 2.81. The molecule has 1 aliphatic rings. The largest absolute Gasteiger partial charge is 0.288 e. The second-order valence-electron chi connectivity index (χ2n) is 5.22. The molecule has 4 rings (SSSR count). The van der Waals surface area contributed by atoms with E-state index in [-0.39, 0.29) is 34.3 Å². The van der Waals surface area contributed by atoms with E-state index in [1.54, 1.807) is 54.6 Å². The predicted molar refractivity (Wildman–Crippen MR) is 81.8 cm³/mol. The monoisotopic (exact) mass is 302 g/mol. The molecule has 1 aliphatic carbocycles. The third-order valence-electron chi connectivity index (χ3n) is 3.89. The van der Waals surface area contributed by atoms with Crippen LogP contribution in [0.15, 0.2) is 54.6 Å². The Balaban J connectivity index is 1.89. The summed E-state index contributed by atoms with van der Waals surface area (Å²) < 4.78 is 0. The van der Waals surface area contributed by atoms with E-state index in [9.17, 15) is 14.4 Å². The molecule has 1 aromatic heterocycles. The van der Waals surface area contributed by atoms with Crippen molar-refractivity contribution in [2.45, 2.75) is 0 Å². The quantitative estimate of drug-likeness (QED) is 0.577. The molecule has 0 fully saturated rings. The molecule has 0 bridgehead atoms. The standard InChI is InChI=1S/C18H10N2O3/c21-16(10-6-2-1-3-7-10)14-13-15(20-19-14)18(23)12-9-5-4-8-11(12)17(13)22/h1-9H,(H,19,20). The molecular formula is C18H10N2O3. The number of hydrogen-bond donors (Lipinski definition) is 1. The minimum absolute atomic E-state index is 0.00739. The number of hydrogen-bond acceptors (Lipinski definition) is 4. The van der Waals surface area contributed by atoms with Crippen molar-refractivity contribution in [1.82, 2.24) is 10.2 Å². The molecule has 0 radical (unpaired) electrons. The maximum Gasteiger partial charge on any atom is 0.214 e. The smallest absolute Gasteiger partial charge is 0.214 e. The second-order valence-corrected chi connectivity index (χ2v) is 5.22. The van der Waals surface area contributed by atoms with Crippen LogP contribution in [0.3, 0.4) is 0 Å². The number of carbonyl (C=O) groups excluding carboxylic acids is 3. The zero-order valence-electron chi connectivity index (χ0n) is 11.9. The Morgan fingerprint density at radius 2 is 1.43 bits per heavy atom. The number of benzene rings is 2. The van der Waals surface area contributed by atoms with Crippen LogP contribution < -0.4 is 0 Å². The summed E-state index contributed by atoms with van der Waals surface area (Å²) in [6.07, 6.45) is 0. The third kappa shape index (κ3) is 1.87. The Morgan fingerprint density at radius 1 is 0.826 bits per heavy atom. The van der Waals surface area contributed by atoms with Crippen LogP contribution in [0.1, 0.15) is 48.0 Å². The summed E-state index contributed by atoms with van der Waals surface area (Å²) in [6, 6.07) is 15.1. The van der Waals surface area contributed by atoms with E-state index in [0.717, 1.165) is 0 Å². The minimum Gasteiger partial charge on any atom is -0.288 e. The lowest BCUT2D eigenvalue weighted by atomic mass is 9.86. The van der Waals surface area contributed by atoms with E-state index >= 15 is 0 Å². The van der Waals surface area contributed by atoms with Gasteiger partial charge in [-0.25, -0.2) is 0 Å². The van der Waals surface area contributed by atoms with Crippen molar-refractivity contribution in [1.29, 1.82) is 0 Å². The van der Waals surface area contributed by atoms with Gasteiger partial charge in [0.25, 0.3) is 0 Å². The summed E-state index contributed by atoms with van der Waals surface area (Å²) >= 11 is 0. The van der Waals surface area contributed by atoms with Crippen LogP contribution in [-0.2, 0) is 0 Å². The van der Waals surface area contributed by atoms with Gasteiger partial charge in [0, 0.05) is 16.7 Å². The molecule has 0 saturated carbocycles. The lowest BCUT2D eigenvalue weighted by Gasteiger charge is -2.13. The molecule has 0 spiro atoms. The third-order valence-corrected chi connectivity index (χ3v) is 3.89. The lowest BCUT2D eigenvalue weighted by molar-refractivity contribution is 0.0971. The Labute approximate surface area is 131 Å². The molecule has 0 atom stereocenters. The molecule has 1 heterocycles. The number of fused-ring (bicyclic) bond motifs is 2. The number of rotatable bonds is 2. The molecule has 5 heteroatoms. The highest BCUT2D eigenvalue weighted by Crippen LogP contribution is 2.28. The van der Waals surface area contributed by atoms with Gasteiger partial charge in [-0.1, -0.05) is 54.6 Å². The summed E-state index contributed by atoms with van der Waals surface area (Å²) in [5.41, 5.74) is 1.16. The van der Waals surface area contributed by atoms with E-state index in [2.05, 4.69) is 10.2 Å². The first-order valence-electron chi connectivity index (χ1n) is 7.05. The summed E-state index contributed by atoms with van der Waals surface area (Å²) in [6.45, 7) is 0. The Bertz CT molecular complexity index is 971. The summed E-state index contributed by atoms with van der Waals surface area (Å²) in [5.74, 6) is -1.07. The SMILES string of the molecule is O=C1c2ccccc2C(=O)c2c1n[nH]c2C(=O)c1ccccc1. The highest BCUT2D eigenvalue weighted by molar-refractivity contribution is 6.30. The number of aromatic amines is 1. The van der Waals surface area contributed by atoms with Gasteiger partial charge in [0.05, 0.1) is 5.56 Å². The molecule has 5 nitrogen and oxygen atoms in total. The van der Waals surface area contributed by atoms with Crippen molar-refractivity contribution in [2.24, 2.45) is 0 Å². The normalized spacial score (nSPS) is 12.7. The lowest BCUT2D eigenvalue weighted by Crippen LogP contribution is -2.22. The first-order valence-corrected chi connectivity index (χ1v) is 7.05. The van der Waals surface area contributed by atoms with Gasteiger partial charge in [-0.15, -0.1) is 0 Å². The van der Waals surface area contributed by atoms with E-state index in [4.69, 9.17) is 0 Å². The van der Waals surface area contributed by atoms with Crippen molar-refractivity contribution in [3.63, 3.8) is 0 Å². The molecule has 0 aliphatic heterocycles. The predicted octanol–water partition coefficient (Wildman–Crippen LogP) is 2.42. The van der Waals surface area contributed by atoms with E-state index in [1.807, 2.05) is 0 Å². The number of nitrogens with zero attached hydrogens (tertiary/aromatic N) is 1. The van der Waals surface area contributed by atoms with Crippen LogP contribution in [0, 0.1) is 0 Å². The fraction of sp³-hybridized carbons (Fsp3) is 0. The van der Waals surface area contributed by atoms with Crippen molar-refractivity contribution in [2.75, 3.05) is 0 Å². The van der Waals surface area contributed by atoms with Gasteiger partial charge >= 0.3 is 0 Å². The highest BCUT2D eigenvalue weighted by Gasteiger charge is 2.36. The van der Waals surface area contributed by atoms with Gasteiger partial charge in [0.15, 0.2) is 5.78 Å². The van der Waals surface area contributed by atoms with Crippen LogP contribution in [0.25, 0.3) is 0 Å². The molecule has 0 amide bonds. The van der Waals surface area contributed by atoms with Crippen molar-refractivity contribution in [3.05, 3.63) is 88.2 Å². The zero-order chi connectivity index (χ0) is 16.0. The van der Waals surface area contributed by atoms with Crippen LogP contribution in [0.5, 0.6) is 0 Å². The number of H-pyrrole nitrogens is 1. The van der Waals surface area contributed by atoms with Crippen LogP contribution in [0.4, 0.5) is 0 Å². The van der Waals surface area contributed by atoms with Gasteiger partial charge in [-0.05, 0) is 0 Å². The highest BCUT2D eigenvalue weighted by atomic mass is 16.1. The first kappa shape index (κ1) is 13.3. The average molecular weight is 302 g/mol. The molecule has 0 unspecified atom stereocenters. The molecule has 110 valence electrons. The van der Waals surface area contributed by atoms with Gasteiger partial charge in [-0.3, -0.25) is 19.5 Å². The summed E-state index contributed by atoms with van der Waals surface area (Å²) in [7, 11) is 0. The number of aromatic nitrogens is 2. The Morgan fingerprint density at radius 3 is 2.13 bits per heavy atom. The van der Waals surface area contributed by atoms with E-state index in [1.165, 1.54) is 0 Å². The van der Waals surface area contributed by atoms with Gasteiger partial charge < -0.3 is 0 Å². The van der Waals surface area contributed by atoms with Crippen molar-refractivity contribution < 1.29 is 14.4 Å². The maximum atomic E-state index is 12.7. The Hall–Kier alpha value is -3.34. The number of nitrogens with one attached hydrogen (secondary N) is 1. The van der Waals surface area contributed by atoms with Crippen LogP contribution in [0.2, 0.25) is 0 Å². The fourth-order valence-electron chi connectivity index (χ4n) is 2.77. The molecular weight excluding hydrogens is 292 g/mol. The second kappa shape index (κ2) is 4.84. The molecule has 3 aromatic rings. The molecule has 0 saturated heterocycles. The summed E-state index contributed by atoms with van der Waals surface area (Å²) in [4.78, 5) is 37.8. The molecule has 23 heavy (non-hydrogen) atoms. The average Bonchev–Trinajstić information content (AvgIpc) is 3.05. The molecule has 2 aromatic carbocycles. The fourth-order valence-corrected chi connectivity index (χ4v) is 2.77. The van der Waals surface area contributed by atoms with E-state index in [0.29, 0.717) is 16.7 Å². The number of ketones is 3. The van der Waals surface area contributed by atoms with Crippen LogP contribution in [-0.4, -0.2) is 27.5 Å². The number of carbonyl (C=O) groups is 3. The van der Waals surface area contributed by atoms with Crippen molar-refractivity contribution >= 4 is 17.3 Å². The zero-order valence-corrected chi connectivity index (χ0v) is 11.9. The topological polar surface area (TPSA) is 79.9 Å². The van der Waals surface area contributed by atoms with E-state index < -0.39 is 0 Å². The van der Waals surface area contributed by atoms with Gasteiger partial charge in [0.1, 0.15) is 11.4 Å².